The van der Waals surface area contributed by atoms with Crippen molar-refractivity contribution < 1.29 is 9.59 Å². The molecule has 0 aliphatic heterocycles. The van der Waals surface area contributed by atoms with Crippen LogP contribution >= 0.6 is 0 Å². The number of amides is 2. The topological polar surface area (TPSA) is 58.2 Å². The highest BCUT2D eigenvalue weighted by Crippen LogP contribution is 2.20. The van der Waals surface area contributed by atoms with Gasteiger partial charge in [-0.05, 0) is 22.4 Å². The molecule has 2 N–H and O–H groups in total. The fraction of sp³-hybridized carbons (Fsp3) is 0.125. The van der Waals surface area contributed by atoms with Gasteiger partial charge in [0, 0.05) is 14.0 Å². The second-order valence-corrected chi connectivity index (χ2v) is 4.39. The molecule has 0 radical (unpaired) electrons. The van der Waals surface area contributed by atoms with Gasteiger partial charge in [-0.1, -0.05) is 42.5 Å². The Morgan fingerprint density at radius 2 is 1.75 bits per heavy atom. The molecule has 0 fully saturated rings. The van der Waals surface area contributed by atoms with E-state index in [-0.39, 0.29) is 17.5 Å². The molecule has 0 unspecified atom stereocenters. The maximum Gasteiger partial charge on any atom is 0.267 e. The minimum Gasteiger partial charge on any atom is -0.354 e. The highest BCUT2D eigenvalue weighted by atomic mass is 16.2. The van der Waals surface area contributed by atoms with Crippen LogP contribution in [-0.2, 0) is 9.59 Å². The van der Waals surface area contributed by atoms with Crippen LogP contribution in [0.25, 0.3) is 16.8 Å². The number of benzene rings is 2. The molecule has 2 rings (SSSR count). The van der Waals surface area contributed by atoms with Crippen LogP contribution in [-0.4, -0.2) is 18.9 Å². The SMILES string of the molecule is CNC(=O)/C(=C/c1cccc2ccccc12)NC(C)=O. The van der Waals surface area contributed by atoms with E-state index in [1.54, 1.807) is 6.08 Å². The van der Waals surface area contributed by atoms with Crippen LogP contribution in [0, 0.1) is 0 Å². The fourth-order valence-electron chi connectivity index (χ4n) is 2.01. The summed E-state index contributed by atoms with van der Waals surface area (Å²) in [6, 6.07) is 13.7. The summed E-state index contributed by atoms with van der Waals surface area (Å²) in [6.07, 6.45) is 1.68. The molecule has 4 heteroatoms. The zero-order chi connectivity index (χ0) is 14.5. The van der Waals surface area contributed by atoms with Crippen LogP contribution < -0.4 is 10.6 Å². The maximum absolute atomic E-state index is 11.8. The first-order valence-electron chi connectivity index (χ1n) is 6.31. The van der Waals surface area contributed by atoms with Crippen molar-refractivity contribution in [3.05, 3.63) is 53.7 Å². The number of carbonyl (C=O) groups excluding carboxylic acids is 2. The summed E-state index contributed by atoms with van der Waals surface area (Å²) in [5, 5.41) is 7.18. The smallest absolute Gasteiger partial charge is 0.267 e. The van der Waals surface area contributed by atoms with Gasteiger partial charge < -0.3 is 10.6 Å². The lowest BCUT2D eigenvalue weighted by Crippen LogP contribution is -2.31. The molecule has 2 aromatic carbocycles. The van der Waals surface area contributed by atoms with Gasteiger partial charge in [-0.25, -0.2) is 0 Å². The average molecular weight is 268 g/mol. The van der Waals surface area contributed by atoms with Crippen molar-refractivity contribution >= 4 is 28.7 Å². The normalized spacial score (nSPS) is 11.2. The van der Waals surface area contributed by atoms with Gasteiger partial charge in [0.05, 0.1) is 0 Å². The molecule has 0 heterocycles. The van der Waals surface area contributed by atoms with Crippen LogP contribution in [0.15, 0.2) is 48.2 Å². The Kier molecular flexibility index (Phi) is 4.15. The van der Waals surface area contributed by atoms with E-state index in [9.17, 15) is 9.59 Å². The molecule has 2 amide bonds. The number of carbonyl (C=O) groups is 2. The van der Waals surface area contributed by atoms with Crippen LogP contribution in [0.3, 0.4) is 0 Å². The Hall–Kier alpha value is -2.62. The molecule has 102 valence electrons. The van der Waals surface area contributed by atoms with E-state index in [1.807, 2.05) is 42.5 Å². The molecule has 0 aliphatic carbocycles. The molecule has 20 heavy (non-hydrogen) atoms. The zero-order valence-electron chi connectivity index (χ0n) is 11.4. The number of nitrogens with one attached hydrogen (secondary N) is 2. The quantitative estimate of drug-likeness (QED) is 0.837. The highest BCUT2D eigenvalue weighted by molar-refractivity contribution is 6.03. The van der Waals surface area contributed by atoms with Gasteiger partial charge in [0.15, 0.2) is 0 Å². The highest BCUT2D eigenvalue weighted by Gasteiger charge is 2.09. The van der Waals surface area contributed by atoms with Gasteiger partial charge in [0.1, 0.15) is 5.70 Å². The van der Waals surface area contributed by atoms with Crippen LogP contribution in [0.2, 0.25) is 0 Å². The predicted molar refractivity (Wildman–Crippen MR) is 79.8 cm³/mol. The van der Waals surface area contributed by atoms with E-state index in [2.05, 4.69) is 10.6 Å². The van der Waals surface area contributed by atoms with Crippen molar-refractivity contribution in [2.45, 2.75) is 6.92 Å². The van der Waals surface area contributed by atoms with Crippen LogP contribution in [0.1, 0.15) is 12.5 Å². The van der Waals surface area contributed by atoms with Crippen molar-refractivity contribution in [2.75, 3.05) is 7.05 Å². The fourth-order valence-corrected chi connectivity index (χ4v) is 2.01. The van der Waals surface area contributed by atoms with Gasteiger partial charge >= 0.3 is 0 Å². The Bertz CT molecular complexity index is 684. The van der Waals surface area contributed by atoms with E-state index in [0.29, 0.717) is 0 Å². The summed E-state index contributed by atoms with van der Waals surface area (Å²) in [4.78, 5) is 23.0. The number of fused-ring (bicyclic) bond motifs is 1. The van der Waals surface area contributed by atoms with Crippen LogP contribution in [0.5, 0.6) is 0 Å². The molecule has 0 aliphatic rings. The van der Waals surface area contributed by atoms with E-state index in [1.165, 1.54) is 14.0 Å². The number of likely N-dealkylation sites (N-methyl/N-ethyl adjacent to an activating group) is 1. The summed E-state index contributed by atoms with van der Waals surface area (Å²) in [7, 11) is 1.53. The first-order valence-corrected chi connectivity index (χ1v) is 6.31. The number of hydrogen-bond donors (Lipinski definition) is 2. The van der Waals surface area contributed by atoms with E-state index >= 15 is 0 Å². The summed E-state index contributed by atoms with van der Waals surface area (Å²) in [5.74, 6) is -0.603. The van der Waals surface area contributed by atoms with Gasteiger partial charge in [-0.3, -0.25) is 9.59 Å². The third kappa shape index (κ3) is 3.03. The maximum atomic E-state index is 11.8. The first-order chi connectivity index (χ1) is 9.61. The Morgan fingerprint density at radius 3 is 2.45 bits per heavy atom. The molecular weight excluding hydrogens is 252 g/mol. The van der Waals surface area contributed by atoms with E-state index in [4.69, 9.17) is 0 Å². The molecule has 0 aromatic heterocycles. The standard InChI is InChI=1S/C16H16N2O2/c1-11(19)18-15(16(20)17-2)10-13-8-5-7-12-6-3-4-9-14(12)13/h3-10H,1-2H3,(H,17,20)(H,18,19)/b15-10-. The molecular formula is C16H16N2O2. The second kappa shape index (κ2) is 6.02. The van der Waals surface area contributed by atoms with E-state index < -0.39 is 0 Å². The summed E-state index contributed by atoms with van der Waals surface area (Å²) in [5.41, 5.74) is 1.12. The molecule has 4 nitrogen and oxygen atoms in total. The third-order valence-corrected chi connectivity index (χ3v) is 2.91. The van der Waals surface area contributed by atoms with Crippen molar-refractivity contribution in [1.29, 1.82) is 0 Å². The van der Waals surface area contributed by atoms with Gasteiger partial charge in [-0.15, -0.1) is 0 Å². The Morgan fingerprint density at radius 1 is 1.05 bits per heavy atom. The number of hydrogen-bond acceptors (Lipinski definition) is 2. The lowest BCUT2D eigenvalue weighted by atomic mass is 10.0. The van der Waals surface area contributed by atoms with Crippen molar-refractivity contribution in [3.63, 3.8) is 0 Å². The van der Waals surface area contributed by atoms with Crippen molar-refractivity contribution in [3.8, 4) is 0 Å². The van der Waals surface area contributed by atoms with Crippen molar-refractivity contribution in [1.82, 2.24) is 10.6 Å². The summed E-state index contributed by atoms with van der Waals surface area (Å²) in [6.45, 7) is 1.37. The monoisotopic (exact) mass is 268 g/mol. The van der Waals surface area contributed by atoms with Gasteiger partial charge in [-0.2, -0.15) is 0 Å². The van der Waals surface area contributed by atoms with Gasteiger partial charge in [0.2, 0.25) is 5.91 Å². The second-order valence-electron chi connectivity index (χ2n) is 4.39. The number of rotatable bonds is 3. The Balaban J connectivity index is 2.53. The zero-order valence-corrected chi connectivity index (χ0v) is 11.4. The minimum absolute atomic E-state index is 0.233. The average Bonchev–Trinajstić information content (AvgIpc) is 2.45. The molecule has 0 bridgehead atoms. The first kappa shape index (κ1) is 13.8. The Labute approximate surface area is 117 Å². The molecule has 0 atom stereocenters. The predicted octanol–water partition coefficient (Wildman–Crippen LogP) is 2.06. The lowest BCUT2D eigenvalue weighted by Gasteiger charge is -2.08. The van der Waals surface area contributed by atoms with Gasteiger partial charge in [0.25, 0.3) is 5.91 Å². The largest absolute Gasteiger partial charge is 0.354 e. The van der Waals surface area contributed by atoms with E-state index in [0.717, 1.165) is 16.3 Å². The van der Waals surface area contributed by atoms with Crippen LogP contribution in [0.4, 0.5) is 0 Å². The lowest BCUT2D eigenvalue weighted by molar-refractivity contribution is -0.122. The molecule has 0 saturated heterocycles. The molecule has 2 aromatic rings. The molecule has 0 saturated carbocycles. The minimum atomic E-state index is -0.326. The summed E-state index contributed by atoms with van der Waals surface area (Å²) < 4.78 is 0. The third-order valence-electron chi connectivity index (χ3n) is 2.91. The summed E-state index contributed by atoms with van der Waals surface area (Å²) >= 11 is 0. The van der Waals surface area contributed by atoms with Crippen molar-refractivity contribution in [2.24, 2.45) is 0 Å². The molecule has 0 spiro atoms.